The molecule has 3 saturated heterocycles. The van der Waals surface area contributed by atoms with Gasteiger partial charge >= 0.3 is 0 Å². The van der Waals surface area contributed by atoms with Crippen molar-refractivity contribution in [3.05, 3.63) is 0 Å². The molecule has 7 nitrogen and oxygen atoms in total. The second-order valence-electron chi connectivity index (χ2n) is 7.76. The fraction of sp³-hybridized carbons (Fsp3) is 0.944. The van der Waals surface area contributed by atoms with Gasteiger partial charge in [-0.25, -0.2) is 12.7 Å². The smallest absolute Gasteiger partial charge is 0.215 e. The molecule has 28 heavy (non-hydrogen) atoms. The zero-order valence-electron chi connectivity index (χ0n) is 17.0. The van der Waals surface area contributed by atoms with Crippen molar-refractivity contribution in [2.75, 3.05) is 76.7 Å². The van der Waals surface area contributed by atoms with Gasteiger partial charge in [-0.2, -0.15) is 11.8 Å². The summed E-state index contributed by atoms with van der Waals surface area (Å²) < 4.78 is 26.6. The van der Waals surface area contributed by atoms with Gasteiger partial charge in [-0.05, 0) is 38.3 Å². The molecular formula is C18H36IN5O2S2. The first-order chi connectivity index (χ1) is 13.1. The summed E-state index contributed by atoms with van der Waals surface area (Å²) in [5.41, 5.74) is 0. The van der Waals surface area contributed by atoms with E-state index >= 15 is 0 Å². The van der Waals surface area contributed by atoms with Crippen LogP contribution in [0.3, 0.4) is 0 Å². The molecule has 1 unspecified atom stereocenters. The van der Waals surface area contributed by atoms with Crippen molar-refractivity contribution < 1.29 is 8.42 Å². The number of thioether (sulfide) groups is 1. The Morgan fingerprint density at radius 2 is 1.82 bits per heavy atom. The van der Waals surface area contributed by atoms with Crippen molar-refractivity contribution in [1.82, 2.24) is 19.4 Å². The second kappa shape index (κ2) is 12.2. The first-order valence-electron chi connectivity index (χ1n) is 10.3. The molecule has 0 aromatic rings. The van der Waals surface area contributed by atoms with E-state index in [0.29, 0.717) is 25.6 Å². The van der Waals surface area contributed by atoms with Gasteiger partial charge in [0.2, 0.25) is 10.0 Å². The highest BCUT2D eigenvalue weighted by Gasteiger charge is 2.28. The van der Waals surface area contributed by atoms with E-state index in [1.165, 1.54) is 45.3 Å². The number of nitrogens with zero attached hydrogens (tertiary/aromatic N) is 4. The summed E-state index contributed by atoms with van der Waals surface area (Å²) in [6.45, 7) is 7.42. The number of nitrogens with one attached hydrogen (secondary N) is 1. The Bertz CT molecular complexity index is 593. The number of sulfonamides is 1. The number of rotatable bonds is 6. The highest BCUT2D eigenvalue weighted by Crippen LogP contribution is 2.20. The Balaban J connectivity index is 0.00000280. The maximum Gasteiger partial charge on any atom is 0.215 e. The van der Waals surface area contributed by atoms with E-state index in [1.807, 2.05) is 11.8 Å². The molecule has 1 N–H and O–H groups in total. The molecule has 0 aromatic heterocycles. The van der Waals surface area contributed by atoms with Gasteiger partial charge in [0, 0.05) is 57.8 Å². The molecule has 0 aliphatic carbocycles. The van der Waals surface area contributed by atoms with Crippen LogP contribution in [0.5, 0.6) is 0 Å². The molecule has 0 amide bonds. The standard InChI is InChI=1S/C18H35N5O2S2.HI/c1-19-18(20-6-14-27(24,25)23-10-12-26-13-11-23)22-9-5-17(16-22)15-21-7-3-2-4-8-21;/h17H,2-16H2,1H3,(H,19,20);1H. The number of aliphatic imine (C=N–C) groups is 1. The molecule has 1 atom stereocenters. The Labute approximate surface area is 192 Å². The number of hydrogen-bond donors (Lipinski definition) is 1. The molecule has 3 rings (SSSR count). The first kappa shape index (κ1) is 24.5. The van der Waals surface area contributed by atoms with Crippen LogP contribution < -0.4 is 5.32 Å². The van der Waals surface area contributed by atoms with E-state index in [1.54, 1.807) is 11.4 Å². The highest BCUT2D eigenvalue weighted by atomic mass is 127. The SMILES string of the molecule is CN=C(NCCS(=O)(=O)N1CCSCC1)N1CCC(CN2CCCCC2)C1.I. The summed E-state index contributed by atoms with van der Waals surface area (Å²) in [6.07, 6.45) is 5.25. The lowest BCUT2D eigenvalue weighted by Crippen LogP contribution is -2.45. The molecule has 0 aromatic carbocycles. The fourth-order valence-corrected chi connectivity index (χ4v) is 6.75. The minimum Gasteiger partial charge on any atom is -0.355 e. The molecule has 3 aliphatic heterocycles. The van der Waals surface area contributed by atoms with Crippen LogP contribution in [0.2, 0.25) is 0 Å². The van der Waals surface area contributed by atoms with Gasteiger partial charge in [-0.3, -0.25) is 4.99 Å². The predicted molar refractivity (Wildman–Crippen MR) is 129 cm³/mol. The van der Waals surface area contributed by atoms with Crippen molar-refractivity contribution in [3.8, 4) is 0 Å². The maximum atomic E-state index is 12.5. The molecule has 0 saturated carbocycles. The topological polar surface area (TPSA) is 68.2 Å². The number of piperidine rings is 1. The minimum atomic E-state index is -3.16. The molecule has 3 heterocycles. The van der Waals surface area contributed by atoms with E-state index in [0.717, 1.165) is 30.6 Å². The van der Waals surface area contributed by atoms with Crippen LogP contribution in [-0.4, -0.2) is 105 Å². The van der Waals surface area contributed by atoms with Crippen LogP contribution in [0.1, 0.15) is 25.7 Å². The van der Waals surface area contributed by atoms with E-state index in [2.05, 4.69) is 20.1 Å². The molecular weight excluding hydrogens is 509 g/mol. The van der Waals surface area contributed by atoms with E-state index in [-0.39, 0.29) is 29.7 Å². The summed E-state index contributed by atoms with van der Waals surface area (Å²) in [5.74, 6) is 3.49. The fourth-order valence-electron chi connectivity index (χ4n) is 4.26. The van der Waals surface area contributed by atoms with Crippen LogP contribution in [0.25, 0.3) is 0 Å². The van der Waals surface area contributed by atoms with Crippen LogP contribution in [0.4, 0.5) is 0 Å². The molecule has 3 aliphatic rings. The lowest BCUT2D eigenvalue weighted by molar-refractivity contribution is 0.198. The summed E-state index contributed by atoms with van der Waals surface area (Å²) >= 11 is 1.83. The quantitative estimate of drug-likeness (QED) is 0.309. The van der Waals surface area contributed by atoms with Crippen molar-refractivity contribution in [2.45, 2.75) is 25.7 Å². The summed E-state index contributed by atoms with van der Waals surface area (Å²) in [7, 11) is -1.38. The minimum absolute atomic E-state index is 0. The van der Waals surface area contributed by atoms with Gasteiger partial charge < -0.3 is 15.1 Å². The second-order valence-corrected chi connectivity index (χ2v) is 11.1. The number of guanidine groups is 1. The van der Waals surface area contributed by atoms with E-state index in [9.17, 15) is 8.42 Å². The highest BCUT2D eigenvalue weighted by molar-refractivity contribution is 14.0. The van der Waals surface area contributed by atoms with Gasteiger partial charge in [-0.15, -0.1) is 24.0 Å². The van der Waals surface area contributed by atoms with Crippen LogP contribution in [0.15, 0.2) is 4.99 Å². The summed E-state index contributed by atoms with van der Waals surface area (Å²) in [5, 5.41) is 3.28. The summed E-state index contributed by atoms with van der Waals surface area (Å²) in [6, 6.07) is 0. The zero-order valence-corrected chi connectivity index (χ0v) is 21.0. The van der Waals surface area contributed by atoms with Gasteiger partial charge in [-0.1, -0.05) is 6.42 Å². The van der Waals surface area contributed by atoms with Crippen LogP contribution >= 0.6 is 35.7 Å². The lowest BCUT2D eigenvalue weighted by Gasteiger charge is -2.29. The third-order valence-electron chi connectivity index (χ3n) is 5.77. The molecule has 0 spiro atoms. The Morgan fingerprint density at radius 3 is 2.50 bits per heavy atom. The van der Waals surface area contributed by atoms with E-state index < -0.39 is 10.0 Å². The number of likely N-dealkylation sites (tertiary alicyclic amines) is 2. The molecule has 164 valence electrons. The van der Waals surface area contributed by atoms with Gasteiger partial charge in [0.15, 0.2) is 5.96 Å². The average Bonchev–Trinajstić information content (AvgIpc) is 3.15. The lowest BCUT2D eigenvalue weighted by atomic mass is 10.1. The third-order valence-corrected chi connectivity index (χ3v) is 8.58. The van der Waals surface area contributed by atoms with Gasteiger partial charge in [0.05, 0.1) is 5.75 Å². The Kier molecular flexibility index (Phi) is 10.6. The molecule has 0 bridgehead atoms. The third kappa shape index (κ3) is 7.17. The van der Waals surface area contributed by atoms with Crippen LogP contribution in [0, 0.1) is 5.92 Å². The van der Waals surface area contributed by atoms with Crippen LogP contribution in [-0.2, 0) is 10.0 Å². The Morgan fingerprint density at radius 1 is 1.11 bits per heavy atom. The van der Waals surface area contributed by atoms with E-state index in [4.69, 9.17) is 0 Å². The average molecular weight is 546 g/mol. The van der Waals surface area contributed by atoms with Gasteiger partial charge in [0.25, 0.3) is 0 Å². The zero-order chi connectivity index (χ0) is 19.1. The van der Waals surface area contributed by atoms with Crippen molar-refractivity contribution >= 4 is 51.7 Å². The van der Waals surface area contributed by atoms with Crippen molar-refractivity contribution in [1.29, 1.82) is 0 Å². The number of hydrogen-bond acceptors (Lipinski definition) is 5. The molecule has 0 radical (unpaired) electrons. The maximum absolute atomic E-state index is 12.5. The first-order valence-corrected chi connectivity index (χ1v) is 13.1. The Hall–Kier alpha value is 0.220. The van der Waals surface area contributed by atoms with Crippen molar-refractivity contribution in [3.63, 3.8) is 0 Å². The monoisotopic (exact) mass is 545 g/mol. The molecule has 3 fully saturated rings. The largest absolute Gasteiger partial charge is 0.355 e. The van der Waals surface area contributed by atoms with Gasteiger partial charge in [0.1, 0.15) is 0 Å². The normalized spacial score (nSPS) is 25.5. The number of halogens is 1. The van der Waals surface area contributed by atoms with Crippen molar-refractivity contribution in [2.24, 2.45) is 10.9 Å². The predicted octanol–water partition coefficient (Wildman–Crippen LogP) is 1.37. The summed E-state index contributed by atoms with van der Waals surface area (Å²) in [4.78, 5) is 9.29. The molecule has 10 heteroatoms.